The highest BCUT2D eigenvalue weighted by atomic mass is 35.5. The lowest BCUT2D eigenvalue weighted by molar-refractivity contribution is 1.02. The molecule has 0 atom stereocenters. The average Bonchev–Trinajstić information content (AvgIpc) is 2.84. The molecule has 0 spiro atoms. The zero-order valence-corrected chi connectivity index (χ0v) is 11.8. The van der Waals surface area contributed by atoms with Gasteiger partial charge in [0.1, 0.15) is 5.52 Å². The molecule has 0 saturated carbocycles. The summed E-state index contributed by atoms with van der Waals surface area (Å²) in [5, 5.41) is 5.00. The molecule has 19 heavy (non-hydrogen) atoms. The third kappa shape index (κ3) is 2.88. The number of para-hydroxylation sites is 1. The quantitative estimate of drug-likeness (QED) is 0.759. The van der Waals surface area contributed by atoms with E-state index in [-0.39, 0.29) is 0 Å². The topological polar surface area (TPSA) is 24.9 Å². The fraction of sp³-hybridized carbons (Fsp3) is 0.133. The van der Waals surface area contributed by atoms with E-state index in [0.29, 0.717) is 5.02 Å². The monoisotopic (exact) mass is 288 g/mol. The van der Waals surface area contributed by atoms with Crippen molar-refractivity contribution in [2.75, 3.05) is 11.9 Å². The molecule has 0 saturated heterocycles. The number of nitrogens with zero attached hydrogens (tertiary/aromatic N) is 1. The standard InChI is InChI=1S/C15H13ClN2S/c16-12-7-4-8-13-14(12)18-15(19-13)17-10-9-11-5-2-1-3-6-11/h1-8H,9-10H2,(H,17,18). The maximum absolute atomic E-state index is 6.12. The predicted octanol–water partition coefficient (Wildman–Crippen LogP) is 4.60. The Morgan fingerprint density at radius 3 is 2.68 bits per heavy atom. The minimum atomic E-state index is 0.713. The van der Waals surface area contributed by atoms with Gasteiger partial charge in [-0.25, -0.2) is 4.98 Å². The highest BCUT2D eigenvalue weighted by molar-refractivity contribution is 7.22. The number of nitrogens with one attached hydrogen (secondary N) is 1. The van der Waals surface area contributed by atoms with Gasteiger partial charge in [-0.15, -0.1) is 0 Å². The Hall–Kier alpha value is -1.58. The van der Waals surface area contributed by atoms with Crippen LogP contribution in [0, 0.1) is 0 Å². The van der Waals surface area contributed by atoms with Crippen molar-refractivity contribution >= 4 is 38.3 Å². The zero-order valence-electron chi connectivity index (χ0n) is 10.3. The maximum Gasteiger partial charge on any atom is 0.183 e. The van der Waals surface area contributed by atoms with Crippen LogP contribution >= 0.6 is 22.9 Å². The number of anilines is 1. The van der Waals surface area contributed by atoms with E-state index in [1.54, 1.807) is 11.3 Å². The second kappa shape index (κ2) is 5.59. The van der Waals surface area contributed by atoms with Crippen LogP contribution in [-0.2, 0) is 6.42 Å². The van der Waals surface area contributed by atoms with Crippen molar-refractivity contribution < 1.29 is 0 Å². The number of rotatable bonds is 4. The maximum atomic E-state index is 6.12. The third-order valence-corrected chi connectivity index (χ3v) is 4.19. The van der Waals surface area contributed by atoms with Crippen LogP contribution in [0.5, 0.6) is 0 Å². The van der Waals surface area contributed by atoms with E-state index in [9.17, 15) is 0 Å². The second-order valence-electron chi connectivity index (χ2n) is 4.27. The number of fused-ring (bicyclic) bond motifs is 1. The molecule has 0 bridgehead atoms. The minimum absolute atomic E-state index is 0.713. The molecule has 0 unspecified atom stereocenters. The summed E-state index contributed by atoms with van der Waals surface area (Å²) in [6, 6.07) is 16.3. The van der Waals surface area contributed by atoms with E-state index in [1.807, 2.05) is 24.3 Å². The van der Waals surface area contributed by atoms with Crippen molar-refractivity contribution in [3.63, 3.8) is 0 Å². The largest absolute Gasteiger partial charge is 0.361 e. The second-order valence-corrected chi connectivity index (χ2v) is 5.71. The van der Waals surface area contributed by atoms with Crippen LogP contribution in [0.2, 0.25) is 5.02 Å². The van der Waals surface area contributed by atoms with Crippen LogP contribution in [-0.4, -0.2) is 11.5 Å². The fourth-order valence-corrected chi connectivity index (χ4v) is 3.14. The Labute approximate surface area is 121 Å². The van der Waals surface area contributed by atoms with E-state index in [4.69, 9.17) is 11.6 Å². The first-order valence-electron chi connectivity index (χ1n) is 6.16. The summed E-state index contributed by atoms with van der Waals surface area (Å²) in [4.78, 5) is 4.52. The van der Waals surface area contributed by atoms with Gasteiger partial charge in [0, 0.05) is 6.54 Å². The molecule has 96 valence electrons. The van der Waals surface area contributed by atoms with Gasteiger partial charge in [0.05, 0.1) is 9.72 Å². The van der Waals surface area contributed by atoms with Crippen molar-refractivity contribution in [1.82, 2.24) is 4.98 Å². The number of halogens is 1. The SMILES string of the molecule is Clc1cccc2sc(NCCc3ccccc3)nc12. The molecule has 0 aliphatic rings. The van der Waals surface area contributed by atoms with Crippen molar-refractivity contribution in [3.05, 3.63) is 59.1 Å². The number of hydrogen-bond donors (Lipinski definition) is 1. The van der Waals surface area contributed by atoms with E-state index < -0.39 is 0 Å². The summed E-state index contributed by atoms with van der Waals surface area (Å²) in [5.41, 5.74) is 2.21. The van der Waals surface area contributed by atoms with E-state index in [2.05, 4.69) is 34.6 Å². The Kier molecular flexibility index (Phi) is 3.67. The molecule has 1 aromatic heterocycles. The van der Waals surface area contributed by atoms with Crippen LogP contribution in [0.4, 0.5) is 5.13 Å². The molecule has 2 nitrogen and oxygen atoms in total. The number of benzene rings is 2. The van der Waals surface area contributed by atoms with Gasteiger partial charge in [0.2, 0.25) is 0 Å². The molecule has 0 aliphatic carbocycles. The Balaban J connectivity index is 1.67. The van der Waals surface area contributed by atoms with Gasteiger partial charge in [0.25, 0.3) is 0 Å². The molecule has 4 heteroatoms. The lowest BCUT2D eigenvalue weighted by Gasteiger charge is -2.02. The van der Waals surface area contributed by atoms with Gasteiger partial charge >= 0.3 is 0 Å². The Morgan fingerprint density at radius 2 is 1.89 bits per heavy atom. The Bertz CT molecular complexity index is 679. The zero-order chi connectivity index (χ0) is 13.1. The molecule has 1 heterocycles. The van der Waals surface area contributed by atoms with E-state index in [0.717, 1.165) is 28.3 Å². The summed E-state index contributed by atoms with van der Waals surface area (Å²) in [7, 11) is 0. The summed E-state index contributed by atoms with van der Waals surface area (Å²) in [6.45, 7) is 0.876. The van der Waals surface area contributed by atoms with Crippen molar-refractivity contribution in [2.24, 2.45) is 0 Å². The first-order chi connectivity index (χ1) is 9.33. The first-order valence-corrected chi connectivity index (χ1v) is 7.35. The first kappa shape index (κ1) is 12.5. The van der Waals surface area contributed by atoms with Crippen molar-refractivity contribution in [3.8, 4) is 0 Å². The highest BCUT2D eigenvalue weighted by Gasteiger charge is 2.05. The van der Waals surface area contributed by atoms with Crippen molar-refractivity contribution in [1.29, 1.82) is 0 Å². The van der Waals surface area contributed by atoms with Crippen molar-refractivity contribution in [2.45, 2.75) is 6.42 Å². The van der Waals surface area contributed by atoms with Gasteiger partial charge in [-0.2, -0.15) is 0 Å². The minimum Gasteiger partial charge on any atom is -0.361 e. The van der Waals surface area contributed by atoms with E-state index in [1.165, 1.54) is 5.56 Å². The normalized spacial score (nSPS) is 10.8. The molecule has 3 rings (SSSR count). The summed E-state index contributed by atoms with van der Waals surface area (Å²) >= 11 is 7.76. The van der Waals surface area contributed by atoms with Crippen LogP contribution < -0.4 is 5.32 Å². The molecule has 0 amide bonds. The van der Waals surface area contributed by atoms with Crippen LogP contribution in [0.15, 0.2) is 48.5 Å². The lowest BCUT2D eigenvalue weighted by Crippen LogP contribution is -2.04. The average molecular weight is 289 g/mol. The lowest BCUT2D eigenvalue weighted by atomic mass is 10.2. The van der Waals surface area contributed by atoms with E-state index >= 15 is 0 Å². The predicted molar refractivity (Wildman–Crippen MR) is 83.3 cm³/mol. The molecule has 0 fully saturated rings. The third-order valence-electron chi connectivity index (χ3n) is 2.90. The van der Waals surface area contributed by atoms with Gasteiger partial charge in [-0.1, -0.05) is 59.3 Å². The van der Waals surface area contributed by atoms with Gasteiger partial charge < -0.3 is 5.32 Å². The molecule has 2 aromatic carbocycles. The smallest absolute Gasteiger partial charge is 0.183 e. The molecular formula is C15H13ClN2S. The summed E-state index contributed by atoms with van der Waals surface area (Å²) in [5.74, 6) is 0. The number of hydrogen-bond acceptors (Lipinski definition) is 3. The van der Waals surface area contributed by atoms with Crippen LogP contribution in [0.25, 0.3) is 10.2 Å². The summed E-state index contributed by atoms with van der Waals surface area (Å²) < 4.78 is 1.12. The molecule has 0 radical (unpaired) electrons. The Morgan fingerprint density at radius 1 is 1.05 bits per heavy atom. The molecule has 0 aliphatic heterocycles. The van der Waals surface area contributed by atoms with Gasteiger partial charge in [-0.05, 0) is 24.1 Å². The summed E-state index contributed by atoms with van der Waals surface area (Å²) in [6.07, 6.45) is 0.991. The fourth-order valence-electron chi connectivity index (χ4n) is 1.95. The van der Waals surface area contributed by atoms with Crippen LogP contribution in [0.3, 0.4) is 0 Å². The molecule has 1 N–H and O–H groups in total. The van der Waals surface area contributed by atoms with Gasteiger partial charge in [-0.3, -0.25) is 0 Å². The number of thiazole rings is 1. The molecule has 3 aromatic rings. The van der Waals surface area contributed by atoms with Gasteiger partial charge in [0.15, 0.2) is 5.13 Å². The molecular weight excluding hydrogens is 276 g/mol. The van der Waals surface area contributed by atoms with Crippen LogP contribution in [0.1, 0.15) is 5.56 Å². The highest BCUT2D eigenvalue weighted by Crippen LogP contribution is 2.30. The number of aromatic nitrogens is 1.